The van der Waals surface area contributed by atoms with Crippen LogP contribution < -0.4 is 5.73 Å². The number of likely N-dealkylation sites (tertiary alicyclic amines) is 1. The lowest BCUT2D eigenvalue weighted by Crippen LogP contribution is -2.30. The van der Waals surface area contributed by atoms with E-state index in [2.05, 4.69) is 23.0 Å². The predicted octanol–water partition coefficient (Wildman–Crippen LogP) is 4.52. The Morgan fingerprint density at radius 3 is 2.51 bits per heavy atom. The first-order valence-electron chi connectivity index (χ1n) is 11.9. The van der Waals surface area contributed by atoms with E-state index in [9.17, 15) is 4.79 Å². The number of piperidine rings is 1. The first-order chi connectivity index (χ1) is 17.1. The van der Waals surface area contributed by atoms with E-state index in [-0.39, 0.29) is 0 Å². The maximum Gasteiger partial charge on any atom is 0.254 e. The summed E-state index contributed by atoms with van der Waals surface area (Å²) in [4.78, 5) is 24.3. The lowest BCUT2D eigenvalue weighted by molar-refractivity contribution is 0.100. The molecule has 4 heterocycles. The predicted molar refractivity (Wildman–Crippen MR) is 137 cm³/mol. The number of nitrogens with zero attached hydrogens (tertiary/aromatic N) is 5. The molecule has 0 unspecified atom stereocenters. The van der Waals surface area contributed by atoms with Gasteiger partial charge in [0.25, 0.3) is 5.91 Å². The van der Waals surface area contributed by atoms with E-state index < -0.39 is 5.91 Å². The van der Waals surface area contributed by atoms with Crippen molar-refractivity contribution in [1.29, 1.82) is 0 Å². The van der Waals surface area contributed by atoms with E-state index in [1.165, 1.54) is 0 Å². The van der Waals surface area contributed by atoms with Crippen LogP contribution in [0, 0.1) is 0 Å². The Balaban J connectivity index is 1.49. The third-order valence-corrected chi connectivity index (χ3v) is 6.97. The number of rotatable bonds is 4. The molecule has 1 saturated heterocycles. The molecule has 5 aromatic rings. The highest BCUT2D eigenvalue weighted by atomic mass is 16.1. The van der Waals surface area contributed by atoms with Crippen LogP contribution in [-0.4, -0.2) is 50.5 Å². The van der Waals surface area contributed by atoms with Gasteiger partial charge < -0.3 is 10.6 Å². The summed E-state index contributed by atoms with van der Waals surface area (Å²) in [5.74, 6) is -0.175. The van der Waals surface area contributed by atoms with Gasteiger partial charge in [-0.1, -0.05) is 48.5 Å². The summed E-state index contributed by atoms with van der Waals surface area (Å²) in [5.41, 5.74) is 11.9. The molecule has 1 amide bonds. The van der Waals surface area contributed by atoms with E-state index in [0.717, 1.165) is 59.3 Å². The quantitative estimate of drug-likeness (QED) is 0.424. The molecular weight excluding hydrogens is 436 g/mol. The van der Waals surface area contributed by atoms with Crippen molar-refractivity contribution in [2.45, 2.75) is 18.8 Å². The number of benzene rings is 2. The Morgan fingerprint density at radius 2 is 1.74 bits per heavy atom. The Bertz CT molecular complexity index is 1550. The maximum atomic E-state index is 12.6. The molecule has 174 valence electrons. The highest BCUT2D eigenvalue weighted by molar-refractivity contribution is 6.05. The van der Waals surface area contributed by atoms with Crippen LogP contribution >= 0.6 is 0 Å². The van der Waals surface area contributed by atoms with Gasteiger partial charge in [0.15, 0.2) is 5.65 Å². The summed E-state index contributed by atoms with van der Waals surface area (Å²) in [7, 11) is 2.15. The Labute approximate surface area is 203 Å². The normalized spacial score (nSPS) is 15.1. The van der Waals surface area contributed by atoms with E-state index in [1.54, 1.807) is 6.20 Å². The van der Waals surface area contributed by atoms with Gasteiger partial charge in [0.2, 0.25) is 0 Å². The Kier molecular flexibility index (Phi) is 5.26. The summed E-state index contributed by atoms with van der Waals surface area (Å²) >= 11 is 0. The molecule has 0 saturated carbocycles. The van der Waals surface area contributed by atoms with Crippen molar-refractivity contribution >= 4 is 22.5 Å². The first-order valence-corrected chi connectivity index (χ1v) is 11.9. The van der Waals surface area contributed by atoms with Gasteiger partial charge in [0.05, 0.1) is 11.2 Å². The summed E-state index contributed by atoms with van der Waals surface area (Å²) < 4.78 is 1.82. The Morgan fingerprint density at radius 1 is 0.971 bits per heavy atom. The first kappa shape index (κ1) is 21.4. The largest absolute Gasteiger partial charge is 0.365 e. The lowest BCUT2D eigenvalue weighted by Gasteiger charge is -2.29. The number of primary amides is 1. The van der Waals surface area contributed by atoms with E-state index in [1.807, 2.05) is 65.2 Å². The van der Waals surface area contributed by atoms with Crippen molar-refractivity contribution in [3.63, 3.8) is 0 Å². The molecule has 2 N–H and O–H groups in total. The lowest BCUT2D eigenvalue weighted by atomic mass is 9.93. The molecule has 2 aromatic carbocycles. The van der Waals surface area contributed by atoms with Gasteiger partial charge in [0, 0.05) is 34.3 Å². The molecule has 1 fully saturated rings. The molecule has 0 spiro atoms. The fourth-order valence-corrected chi connectivity index (χ4v) is 5.04. The second-order valence-corrected chi connectivity index (χ2v) is 9.24. The minimum Gasteiger partial charge on any atom is -0.365 e. The van der Waals surface area contributed by atoms with Crippen LogP contribution in [0.1, 0.15) is 34.8 Å². The zero-order chi connectivity index (χ0) is 23.9. The second-order valence-electron chi connectivity index (χ2n) is 9.24. The monoisotopic (exact) mass is 462 g/mol. The third-order valence-electron chi connectivity index (χ3n) is 6.97. The number of aromatic nitrogens is 4. The van der Waals surface area contributed by atoms with Crippen LogP contribution in [0.4, 0.5) is 0 Å². The SMILES string of the molecule is CN1CCC(c2ccnc3c(C(N)=O)c(-c4ccc5ccc(-c6ccccc6)nc5c4)nn23)CC1. The third kappa shape index (κ3) is 3.84. The van der Waals surface area contributed by atoms with Gasteiger partial charge in [-0.25, -0.2) is 14.5 Å². The number of amides is 1. The molecular formula is C28H26N6O. The topological polar surface area (TPSA) is 89.4 Å². The maximum absolute atomic E-state index is 12.6. The second kappa shape index (κ2) is 8.60. The number of fused-ring (bicyclic) bond motifs is 2. The average Bonchev–Trinajstić information content (AvgIpc) is 3.29. The van der Waals surface area contributed by atoms with Gasteiger partial charge in [-0.15, -0.1) is 0 Å². The van der Waals surface area contributed by atoms with Gasteiger partial charge in [0.1, 0.15) is 11.3 Å². The minimum absolute atomic E-state index is 0.346. The van der Waals surface area contributed by atoms with Crippen LogP contribution in [0.3, 0.4) is 0 Å². The molecule has 3 aromatic heterocycles. The standard InChI is InChI=1S/C28H26N6O/c1-33-15-12-20(13-16-33)24-11-14-30-28-25(27(29)35)26(32-34(24)28)21-8-7-19-9-10-22(31-23(19)17-21)18-5-3-2-4-6-18/h2-11,14,17,20H,12-13,15-16H2,1H3,(H2,29,35). The molecule has 0 atom stereocenters. The van der Waals surface area contributed by atoms with Crippen LogP contribution in [0.2, 0.25) is 0 Å². The number of pyridine rings is 1. The van der Waals surface area contributed by atoms with Crippen molar-refractivity contribution in [3.8, 4) is 22.5 Å². The summed E-state index contributed by atoms with van der Waals surface area (Å²) in [6.45, 7) is 2.07. The summed E-state index contributed by atoms with van der Waals surface area (Å²) in [6, 6.07) is 22.1. The van der Waals surface area contributed by atoms with E-state index in [0.29, 0.717) is 22.8 Å². The molecule has 1 aliphatic heterocycles. The fraction of sp³-hybridized carbons (Fsp3) is 0.214. The smallest absolute Gasteiger partial charge is 0.254 e. The molecule has 0 bridgehead atoms. The molecule has 0 aliphatic carbocycles. The molecule has 0 radical (unpaired) electrons. The molecule has 1 aliphatic rings. The summed E-state index contributed by atoms with van der Waals surface area (Å²) in [6.07, 6.45) is 3.84. The number of hydrogen-bond acceptors (Lipinski definition) is 5. The van der Waals surface area contributed by atoms with E-state index in [4.69, 9.17) is 15.8 Å². The van der Waals surface area contributed by atoms with Gasteiger partial charge in [-0.05, 0) is 51.2 Å². The van der Waals surface area contributed by atoms with Crippen LogP contribution in [0.15, 0.2) is 72.9 Å². The highest BCUT2D eigenvalue weighted by Gasteiger charge is 2.26. The Hall–Kier alpha value is -4.10. The van der Waals surface area contributed by atoms with Gasteiger partial charge in [-0.3, -0.25) is 4.79 Å². The van der Waals surface area contributed by atoms with Crippen molar-refractivity contribution < 1.29 is 4.79 Å². The molecule has 35 heavy (non-hydrogen) atoms. The summed E-state index contributed by atoms with van der Waals surface area (Å²) in [5, 5.41) is 5.91. The van der Waals surface area contributed by atoms with Crippen LogP contribution in [0.5, 0.6) is 0 Å². The van der Waals surface area contributed by atoms with Crippen molar-refractivity contribution in [2.24, 2.45) is 5.73 Å². The molecule has 6 rings (SSSR count). The van der Waals surface area contributed by atoms with Gasteiger partial charge >= 0.3 is 0 Å². The minimum atomic E-state index is -0.533. The van der Waals surface area contributed by atoms with Crippen LogP contribution in [-0.2, 0) is 0 Å². The average molecular weight is 463 g/mol. The molecule has 7 heteroatoms. The van der Waals surface area contributed by atoms with Gasteiger partial charge in [-0.2, -0.15) is 5.10 Å². The molecule has 7 nitrogen and oxygen atoms in total. The van der Waals surface area contributed by atoms with Crippen molar-refractivity contribution in [1.82, 2.24) is 24.5 Å². The van der Waals surface area contributed by atoms with E-state index >= 15 is 0 Å². The van der Waals surface area contributed by atoms with Crippen molar-refractivity contribution in [3.05, 3.63) is 84.2 Å². The highest BCUT2D eigenvalue weighted by Crippen LogP contribution is 2.32. The number of hydrogen-bond donors (Lipinski definition) is 1. The zero-order valence-electron chi connectivity index (χ0n) is 19.6. The zero-order valence-corrected chi connectivity index (χ0v) is 19.6. The fourth-order valence-electron chi connectivity index (χ4n) is 5.04. The number of carbonyl (C=O) groups is 1. The number of nitrogens with two attached hydrogens (primary N) is 1. The van der Waals surface area contributed by atoms with Crippen LogP contribution in [0.25, 0.3) is 39.1 Å². The number of carbonyl (C=O) groups excluding carboxylic acids is 1. The van der Waals surface area contributed by atoms with Crippen molar-refractivity contribution in [2.75, 3.05) is 20.1 Å².